The largest absolute Gasteiger partial charge is 0.392 e. The van der Waals surface area contributed by atoms with Crippen LogP contribution in [-0.2, 0) is 4.74 Å². The van der Waals surface area contributed by atoms with Crippen molar-refractivity contribution >= 4 is 0 Å². The summed E-state index contributed by atoms with van der Waals surface area (Å²) in [6.07, 6.45) is -5.24. The smallest absolute Gasteiger partial charge is 0.389 e. The van der Waals surface area contributed by atoms with Gasteiger partial charge in [-0.1, -0.05) is 0 Å². The number of rotatable bonds is 7. The van der Waals surface area contributed by atoms with Crippen molar-refractivity contribution in [2.75, 3.05) is 19.8 Å². The predicted octanol–water partition coefficient (Wildman–Crippen LogP) is 1.06. The summed E-state index contributed by atoms with van der Waals surface area (Å²) in [5.74, 6) is 0. The highest BCUT2D eigenvalue weighted by molar-refractivity contribution is 4.54. The highest BCUT2D eigenvalue weighted by Gasteiger charge is 2.25. The molecule has 14 heavy (non-hydrogen) atoms. The average molecular weight is 215 g/mol. The molecule has 0 aromatic heterocycles. The summed E-state index contributed by atoms with van der Waals surface area (Å²) in [7, 11) is 0. The van der Waals surface area contributed by atoms with Crippen molar-refractivity contribution in [3.8, 4) is 0 Å². The van der Waals surface area contributed by atoms with Crippen LogP contribution in [0.1, 0.15) is 19.3 Å². The molecule has 0 aromatic rings. The molecule has 0 spiro atoms. The number of ether oxygens (including phenoxy) is 1. The number of nitrogens with two attached hydrogens (primary N) is 1. The molecule has 0 aliphatic carbocycles. The van der Waals surface area contributed by atoms with E-state index in [2.05, 4.69) is 0 Å². The van der Waals surface area contributed by atoms with E-state index >= 15 is 0 Å². The van der Waals surface area contributed by atoms with E-state index in [4.69, 9.17) is 15.6 Å². The van der Waals surface area contributed by atoms with E-state index in [9.17, 15) is 13.2 Å². The Labute approximate surface area is 81.0 Å². The van der Waals surface area contributed by atoms with Crippen LogP contribution in [0.2, 0.25) is 0 Å². The lowest BCUT2D eigenvalue weighted by atomic mass is 10.3. The van der Waals surface area contributed by atoms with Crippen LogP contribution >= 0.6 is 0 Å². The maximum atomic E-state index is 11.6. The summed E-state index contributed by atoms with van der Waals surface area (Å²) < 4.78 is 39.8. The van der Waals surface area contributed by atoms with E-state index < -0.39 is 18.7 Å². The molecule has 6 heteroatoms. The highest BCUT2D eigenvalue weighted by Crippen LogP contribution is 2.20. The van der Waals surface area contributed by atoms with Gasteiger partial charge in [0.1, 0.15) is 0 Å². The first-order valence-electron chi connectivity index (χ1n) is 4.48. The number of aliphatic hydroxyl groups excluding tert-OH is 1. The van der Waals surface area contributed by atoms with Crippen molar-refractivity contribution in [2.45, 2.75) is 31.5 Å². The zero-order valence-electron chi connectivity index (χ0n) is 7.89. The van der Waals surface area contributed by atoms with Gasteiger partial charge in [-0.2, -0.15) is 13.2 Å². The van der Waals surface area contributed by atoms with Gasteiger partial charge in [-0.15, -0.1) is 0 Å². The Hall–Kier alpha value is -0.330. The lowest BCUT2D eigenvalue weighted by Crippen LogP contribution is -2.21. The molecule has 0 saturated carbocycles. The van der Waals surface area contributed by atoms with Crippen LogP contribution in [0.25, 0.3) is 0 Å². The third-order valence-electron chi connectivity index (χ3n) is 1.62. The van der Waals surface area contributed by atoms with Gasteiger partial charge in [0, 0.05) is 26.2 Å². The summed E-state index contributed by atoms with van der Waals surface area (Å²) >= 11 is 0. The topological polar surface area (TPSA) is 55.5 Å². The van der Waals surface area contributed by atoms with E-state index in [1.165, 1.54) is 0 Å². The molecule has 0 heterocycles. The van der Waals surface area contributed by atoms with Gasteiger partial charge in [-0.3, -0.25) is 0 Å². The molecule has 0 fully saturated rings. The number of halogens is 3. The normalized spacial score (nSPS) is 14.4. The average Bonchev–Trinajstić information content (AvgIpc) is 2.08. The molecule has 3 N–H and O–H groups in total. The summed E-state index contributed by atoms with van der Waals surface area (Å²) in [5.41, 5.74) is 5.12. The number of alkyl halides is 3. The Morgan fingerprint density at radius 3 is 2.43 bits per heavy atom. The second-order valence-corrected chi connectivity index (χ2v) is 3.01. The molecule has 0 saturated heterocycles. The van der Waals surface area contributed by atoms with Crippen molar-refractivity contribution in [2.24, 2.45) is 5.73 Å². The third-order valence-corrected chi connectivity index (χ3v) is 1.62. The lowest BCUT2D eigenvalue weighted by molar-refractivity contribution is -0.138. The van der Waals surface area contributed by atoms with Gasteiger partial charge in [-0.05, 0) is 12.8 Å². The minimum Gasteiger partial charge on any atom is -0.392 e. The first-order chi connectivity index (χ1) is 6.45. The Kier molecular flexibility index (Phi) is 6.86. The number of aliphatic hydroxyl groups is 1. The monoisotopic (exact) mass is 215 g/mol. The maximum Gasteiger partial charge on any atom is 0.389 e. The first-order valence-corrected chi connectivity index (χ1v) is 4.48. The number of hydrogen-bond donors (Lipinski definition) is 2. The van der Waals surface area contributed by atoms with Crippen molar-refractivity contribution in [1.82, 2.24) is 0 Å². The molecule has 1 atom stereocenters. The van der Waals surface area contributed by atoms with Gasteiger partial charge in [0.25, 0.3) is 0 Å². The number of hydrogen-bond acceptors (Lipinski definition) is 3. The molecule has 3 nitrogen and oxygen atoms in total. The summed E-state index contributed by atoms with van der Waals surface area (Å²) in [4.78, 5) is 0. The Morgan fingerprint density at radius 2 is 1.93 bits per heavy atom. The molecule has 0 aromatic carbocycles. The van der Waals surface area contributed by atoms with E-state index in [1.807, 2.05) is 0 Å². The van der Waals surface area contributed by atoms with Crippen LogP contribution in [-0.4, -0.2) is 37.1 Å². The van der Waals surface area contributed by atoms with E-state index in [0.29, 0.717) is 6.42 Å². The van der Waals surface area contributed by atoms with Crippen LogP contribution in [0, 0.1) is 0 Å². The van der Waals surface area contributed by atoms with Crippen LogP contribution < -0.4 is 5.73 Å². The Balaban J connectivity index is 3.14. The van der Waals surface area contributed by atoms with Crippen molar-refractivity contribution < 1.29 is 23.0 Å². The van der Waals surface area contributed by atoms with Crippen LogP contribution in [0.3, 0.4) is 0 Å². The van der Waals surface area contributed by atoms with Crippen molar-refractivity contribution in [3.63, 3.8) is 0 Å². The van der Waals surface area contributed by atoms with Gasteiger partial charge in [-0.25, -0.2) is 0 Å². The summed E-state index contributed by atoms with van der Waals surface area (Å²) in [6.45, 7) is 0.457. The Morgan fingerprint density at radius 1 is 1.29 bits per heavy atom. The molecular weight excluding hydrogens is 199 g/mol. The third kappa shape index (κ3) is 9.76. The predicted molar refractivity (Wildman–Crippen MR) is 45.8 cm³/mol. The first kappa shape index (κ1) is 13.7. The standard InChI is InChI=1S/C8H16F3NO2/c9-8(10,11)3-1-4-14-5-2-7(13)6-12/h7,13H,1-6,12H2. The molecule has 86 valence electrons. The summed E-state index contributed by atoms with van der Waals surface area (Å²) in [5, 5.41) is 8.96. The zero-order chi connectivity index (χ0) is 11.0. The van der Waals surface area contributed by atoms with E-state index in [-0.39, 0.29) is 26.2 Å². The molecule has 0 radical (unpaired) electrons. The van der Waals surface area contributed by atoms with Gasteiger partial charge in [0.15, 0.2) is 0 Å². The molecule has 0 aliphatic heterocycles. The van der Waals surface area contributed by atoms with Gasteiger partial charge >= 0.3 is 6.18 Å². The Bertz CT molecular complexity index is 141. The molecule has 1 unspecified atom stereocenters. The van der Waals surface area contributed by atoms with Gasteiger partial charge < -0.3 is 15.6 Å². The van der Waals surface area contributed by atoms with Crippen molar-refractivity contribution in [3.05, 3.63) is 0 Å². The molecular formula is C8H16F3NO2. The maximum absolute atomic E-state index is 11.6. The van der Waals surface area contributed by atoms with Gasteiger partial charge in [0.05, 0.1) is 6.10 Å². The molecule has 0 amide bonds. The fourth-order valence-corrected chi connectivity index (χ4v) is 0.814. The van der Waals surface area contributed by atoms with E-state index in [0.717, 1.165) is 0 Å². The SMILES string of the molecule is NCC(O)CCOCCCC(F)(F)F. The minimum atomic E-state index is -4.11. The molecule has 0 aliphatic rings. The minimum absolute atomic E-state index is 0.0395. The van der Waals surface area contributed by atoms with Crippen LogP contribution in [0.4, 0.5) is 13.2 Å². The zero-order valence-corrected chi connectivity index (χ0v) is 7.89. The fourth-order valence-electron chi connectivity index (χ4n) is 0.814. The molecule has 0 rings (SSSR count). The quantitative estimate of drug-likeness (QED) is 0.624. The highest BCUT2D eigenvalue weighted by atomic mass is 19.4. The fraction of sp³-hybridized carbons (Fsp3) is 1.00. The molecule has 0 bridgehead atoms. The second-order valence-electron chi connectivity index (χ2n) is 3.01. The van der Waals surface area contributed by atoms with Crippen LogP contribution in [0.5, 0.6) is 0 Å². The van der Waals surface area contributed by atoms with E-state index in [1.54, 1.807) is 0 Å². The van der Waals surface area contributed by atoms with Gasteiger partial charge in [0.2, 0.25) is 0 Å². The van der Waals surface area contributed by atoms with Crippen molar-refractivity contribution in [1.29, 1.82) is 0 Å². The van der Waals surface area contributed by atoms with Crippen LogP contribution in [0.15, 0.2) is 0 Å². The lowest BCUT2D eigenvalue weighted by Gasteiger charge is -2.09. The second kappa shape index (κ2) is 7.03. The summed E-state index contributed by atoms with van der Waals surface area (Å²) in [6, 6.07) is 0.